The lowest BCUT2D eigenvalue weighted by molar-refractivity contribution is -0.384. The molecular weight excluding hydrogens is 267 g/mol. The number of benzene rings is 1. The average molecular weight is 277 g/mol. The van der Waals surface area contributed by atoms with Gasteiger partial charge in [0.25, 0.3) is 5.69 Å². The molecule has 0 aliphatic rings. The molecule has 0 bridgehead atoms. The number of ether oxygens (including phenoxy) is 1. The first-order valence-electron chi connectivity index (χ1n) is 5.26. The van der Waals surface area contributed by atoms with Gasteiger partial charge in [-0.05, 0) is 12.5 Å². The van der Waals surface area contributed by atoms with Gasteiger partial charge in [0, 0.05) is 18.6 Å². The molecule has 0 aliphatic heterocycles. The zero-order valence-electron chi connectivity index (χ0n) is 9.64. The van der Waals surface area contributed by atoms with Gasteiger partial charge >= 0.3 is 6.18 Å². The van der Waals surface area contributed by atoms with Crippen LogP contribution in [0.25, 0.3) is 0 Å². The first-order chi connectivity index (χ1) is 8.83. The van der Waals surface area contributed by atoms with Crippen LogP contribution in [0.4, 0.5) is 18.9 Å². The molecule has 0 heterocycles. The van der Waals surface area contributed by atoms with Crippen LogP contribution in [0, 0.1) is 10.1 Å². The molecule has 1 rings (SSSR count). The number of nitro groups is 1. The van der Waals surface area contributed by atoms with Crippen LogP contribution in [-0.2, 0) is 0 Å². The van der Waals surface area contributed by atoms with Crippen LogP contribution in [0.3, 0.4) is 0 Å². The number of aldehydes is 1. The number of carbonyl (C=O) groups is 1. The molecule has 8 heteroatoms. The highest BCUT2D eigenvalue weighted by Gasteiger charge is 2.26. The second-order valence-electron chi connectivity index (χ2n) is 3.66. The predicted molar refractivity (Wildman–Crippen MR) is 59.3 cm³/mol. The summed E-state index contributed by atoms with van der Waals surface area (Å²) in [6.45, 7) is -0.224. The van der Waals surface area contributed by atoms with Crippen molar-refractivity contribution < 1.29 is 27.6 Å². The number of halogens is 3. The summed E-state index contributed by atoms with van der Waals surface area (Å²) < 4.78 is 40.7. The molecule has 0 amide bonds. The van der Waals surface area contributed by atoms with Crippen molar-refractivity contribution in [3.05, 3.63) is 33.9 Å². The molecule has 0 spiro atoms. The van der Waals surface area contributed by atoms with Crippen LogP contribution in [0.5, 0.6) is 5.75 Å². The molecule has 0 saturated heterocycles. The van der Waals surface area contributed by atoms with E-state index in [9.17, 15) is 28.1 Å². The summed E-state index contributed by atoms with van der Waals surface area (Å²) in [7, 11) is 0. The maximum atomic E-state index is 11.9. The molecular formula is C11H10F3NO4. The van der Waals surface area contributed by atoms with E-state index in [0.29, 0.717) is 6.29 Å². The van der Waals surface area contributed by atoms with Crippen molar-refractivity contribution in [2.75, 3.05) is 6.61 Å². The molecule has 0 radical (unpaired) electrons. The fraction of sp³-hybridized carbons (Fsp3) is 0.364. The van der Waals surface area contributed by atoms with Gasteiger partial charge in [0.1, 0.15) is 5.75 Å². The summed E-state index contributed by atoms with van der Waals surface area (Å²) in [6, 6.07) is 3.31. The van der Waals surface area contributed by atoms with Gasteiger partial charge in [-0.2, -0.15) is 13.2 Å². The number of carbonyl (C=O) groups excluding carboxylic acids is 1. The Morgan fingerprint density at radius 3 is 2.58 bits per heavy atom. The molecule has 5 nitrogen and oxygen atoms in total. The van der Waals surface area contributed by atoms with E-state index in [1.54, 1.807) is 0 Å². The van der Waals surface area contributed by atoms with Crippen molar-refractivity contribution in [3.8, 4) is 5.75 Å². The van der Waals surface area contributed by atoms with Crippen LogP contribution in [0.15, 0.2) is 18.2 Å². The second-order valence-corrected chi connectivity index (χ2v) is 3.66. The summed E-state index contributed by atoms with van der Waals surface area (Å²) >= 11 is 0. The Hall–Kier alpha value is -2.12. The van der Waals surface area contributed by atoms with E-state index in [-0.39, 0.29) is 30.0 Å². The highest BCUT2D eigenvalue weighted by atomic mass is 19.4. The van der Waals surface area contributed by atoms with Gasteiger partial charge in [-0.25, -0.2) is 0 Å². The lowest BCUT2D eigenvalue weighted by Gasteiger charge is -2.09. The van der Waals surface area contributed by atoms with E-state index in [1.165, 1.54) is 6.07 Å². The Morgan fingerprint density at radius 1 is 1.37 bits per heavy atom. The largest absolute Gasteiger partial charge is 0.493 e. The van der Waals surface area contributed by atoms with Crippen LogP contribution in [-0.4, -0.2) is 24.0 Å². The lowest BCUT2D eigenvalue weighted by Crippen LogP contribution is -2.10. The number of nitrogens with zero attached hydrogens (tertiary/aromatic N) is 1. The van der Waals surface area contributed by atoms with Gasteiger partial charge in [-0.1, -0.05) is 0 Å². The Balaban J connectivity index is 2.63. The minimum absolute atomic E-state index is 0.0303. The standard InChI is InChI=1S/C11H10F3NO4/c12-11(13,14)4-1-5-19-10-3-2-9(15(17)18)6-8(10)7-16/h2-3,6-7H,1,4-5H2. The average Bonchev–Trinajstić information content (AvgIpc) is 2.33. The van der Waals surface area contributed by atoms with Crippen molar-refractivity contribution in [1.29, 1.82) is 0 Å². The maximum absolute atomic E-state index is 11.9. The Bertz CT molecular complexity index is 473. The van der Waals surface area contributed by atoms with Crippen molar-refractivity contribution in [2.45, 2.75) is 19.0 Å². The molecule has 0 atom stereocenters. The van der Waals surface area contributed by atoms with Gasteiger partial charge in [-0.15, -0.1) is 0 Å². The number of alkyl halides is 3. The van der Waals surface area contributed by atoms with Gasteiger partial charge in [0.2, 0.25) is 0 Å². The maximum Gasteiger partial charge on any atom is 0.389 e. The molecule has 0 aromatic heterocycles. The van der Waals surface area contributed by atoms with E-state index in [0.717, 1.165) is 12.1 Å². The fourth-order valence-electron chi connectivity index (χ4n) is 1.33. The highest BCUT2D eigenvalue weighted by molar-refractivity contribution is 5.80. The van der Waals surface area contributed by atoms with E-state index in [4.69, 9.17) is 4.74 Å². The summed E-state index contributed by atoms with van der Waals surface area (Å²) in [5.74, 6) is 0.0303. The zero-order chi connectivity index (χ0) is 14.5. The van der Waals surface area contributed by atoms with Crippen LogP contribution >= 0.6 is 0 Å². The number of rotatable bonds is 6. The third-order valence-electron chi connectivity index (χ3n) is 2.19. The van der Waals surface area contributed by atoms with Gasteiger partial charge in [-0.3, -0.25) is 14.9 Å². The van der Waals surface area contributed by atoms with E-state index < -0.39 is 17.5 Å². The number of non-ortho nitro benzene ring substituents is 1. The minimum Gasteiger partial charge on any atom is -0.493 e. The summed E-state index contributed by atoms with van der Waals surface area (Å²) in [4.78, 5) is 20.5. The van der Waals surface area contributed by atoms with Gasteiger partial charge < -0.3 is 4.74 Å². The second kappa shape index (κ2) is 6.17. The third-order valence-corrected chi connectivity index (χ3v) is 2.19. The molecule has 0 aliphatic carbocycles. The minimum atomic E-state index is -4.26. The SMILES string of the molecule is O=Cc1cc([N+](=O)[O-])ccc1OCCCC(F)(F)F. The Labute approximate surface area is 106 Å². The monoisotopic (exact) mass is 277 g/mol. The Morgan fingerprint density at radius 2 is 2.05 bits per heavy atom. The topological polar surface area (TPSA) is 69.4 Å². The fourth-order valence-corrected chi connectivity index (χ4v) is 1.33. The van der Waals surface area contributed by atoms with Crippen LogP contribution in [0.2, 0.25) is 0 Å². The van der Waals surface area contributed by atoms with Gasteiger partial charge in [0.05, 0.1) is 17.1 Å². The van der Waals surface area contributed by atoms with Crippen molar-refractivity contribution in [2.24, 2.45) is 0 Å². The van der Waals surface area contributed by atoms with Crippen LogP contribution in [0.1, 0.15) is 23.2 Å². The predicted octanol–water partition coefficient (Wildman–Crippen LogP) is 3.13. The molecule has 1 aromatic rings. The first-order valence-corrected chi connectivity index (χ1v) is 5.26. The molecule has 19 heavy (non-hydrogen) atoms. The zero-order valence-corrected chi connectivity index (χ0v) is 9.64. The molecule has 0 saturated carbocycles. The number of nitro benzene ring substituents is 1. The quantitative estimate of drug-likeness (QED) is 0.346. The van der Waals surface area contributed by atoms with E-state index in [1.807, 2.05) is 0 Å². The third kappa shape index (κ3) is 4.94. The van der Waals surface area contributed by atoms with Crippen LogP contribution < -0.4 is 4.74 Å². The molecule has 0 unspecified atom stereocenters. The van der Waals surface area contributed by atoms with E-state index >= 15 is 0 Å². The summed E-state index contributed by atoms with van der Waals surface area (Å²) in [5.41, 5.74) is -0.356. The number of hydrogen-bond acceptors (Lipinski definition) is 4. The smallest absolute Gasteiger partial charge is 0.389 e. The lowest BCUT2D eigenvalue weighted by atomic mass is 10.2. The molecule has 1 aromatic carbocycles. The molecule has 0 N–H and O–H groups in total. The normalized spacial score (nSPS) is 11.1. The van der Waals surface area contributed by atoms with Crippen molar-refractivity contribution in [1.82, 2.24) is 0 Å². The summed E-state index contributed by atoms with van der Waals surface area (Å²) in [6.07, 6.45) is -5.15. The van der Waals surface area contributed by atoms with Gasteiger partial charge in [0.15, 0.2) is 6.29 Å². The van der Waals surface area contributed by atoms with E-state index in [2.05, 4.69) is 0 Å². The first kappa shape index (κ1) is 14.9. The molecule has 0 fully saturated rings. The van der Waals surface area contributed by atoms with Crippen molar-refractivity contribution in [3.63, 3.8) is 0 Å². The number of hydrogen-bond donors (Lipinski definition) is 0. The molecule has 104 valence electrons. The van der Waals surface area contributed by atoms with Crippen molar-refractivity contribution >= 4 is 12.0 Å². The highest BCUT2D eigenvalue weighted by Crippen LogP contribution is 2.24. The summed E-state index contributed by atoms with van der Waals surface area (Å²) in [5, 5.41) is 10.5. The Kier molecular flexibility index (Phi) is 4.85.